The number of ether oxygens (including phenoxy) is 1. The summed E-state index contributed by atoms with van der Waals surface area (Å²) in [7, 11) is 0. The van der Waals surface area contributed by atoms with E-state index >= 15 is 0 Å². The molecule has 1 aromatic carbocycles. The quantitative estimate of drug-likeness (QED) is 0.502. The third-order valence-corrected chi connectivity index (χ3v) is 3.51. The highest BCUT2D eigenvalue weighted by atomic mass is 19.1. The Bertz CT molecular complexity index is 634. The lowest BCUT2D eigenvalue weighted by molar-refractivity contribution is -0.116. The number of hydrogen-bond donors (Lipinski definition) is 0. The Balaban J connectivity index is 2.71. The van der Waals surface area contributed by atoms with Gasteiger partial charge in [-0.05, 0) is 49.8 Å². The van der Waals surface area contributed by atoms with Crippen LogP contribution in [0.4, 0.5) is 10.1 Å². The second kappa shape index (κ2) is 9.71. The summed E-state index contributed by atoms with van der Waals surface area (Å²) in [5, 5.41) is 0. The van der Waals surface area contributed by atoms with E-state index in [0.717, 1.165) is 11.3 Å². The van der Waals surface area contributed by atoms with Gasteiger partial charge >= 0.3 is 0 Å². The summed E-state index contributed by atoms with van der Waals surface area (Å²) >= 11 is 0. The molecule has 1 rings (SSSR count). The molecular formula is C20H26FNO2. The molecule has 0 saturated carbocycles. The summed E-state index contributed by atoms with van der Waals surface area (Å²) in [6.45, 7) is 12.0. The van der Waals surface area contributed by atoms with Crippen LogP contribution in [0, 0.1) is 11.7 Å². The fourth-order valence-corrected chi connectivity index (χ4v) is 2.15. The highest BCUT2D eigenvalue weighted by Crippen LogP contribution is 2.18. The molecule has 4 heteroatoms. The average Bonchev–Trinajstić information content (AvgIpc) is 2.55. The summed E-state index contributed by atoms with van der Waals surface area (Å²) < 4.78 is 19.2. The maximum Gasteiger partial charge on any atom is 0.223 e. The molecule has 0 N–H and O–H groups in total. The maximum absolute atomic E-state index is 13.4. The zero-order chi connectivity index (χ0) is 18.1. The second-order valence-corrected chi connectivity index (χ2v) is 5.81. The van der Waals surface area contributed by atoms with Gasteiger partial charge in [-0.1, -0.05) is 25.6 Å². The molecule has 0 aliphatic rings. The molecule has 24 heavy (non-hydrogen) atoms. The predicted molar refractivity (Wildman–Crippen MR) is 97.3 cm³/mol. The fourth-order valence-electron chi connectivity index (χ4n) is 2.15. The molecule has 1 amide bonds. The lowest BCUT2D eigenvalue weighted by Gasteiger charge is -2.25. The Labute approximate surface area is 144 Å². The van der Waals surface area contributed by atoms with Crippen molar-refractivity contribution in [1.82, 2.24) is 0 Å². The highest BCUT2D eigenvalue weighted by Gasteiger charge is 2.16. The minimum atomic E-state index is -0.358. The van der Waals surface area contributed by atoms with Gasteiger partial charge in [0.05, 0.1) is 6.61 Å². The van der Waals surface area contributed by atoms with E-state index in [1.54, 1.807) is 23.1 Å². The van der Waals surface area contributed by atoms with E-state index < -0.39 is 0 Å². The van der Waals surface area contributed by atoms with Crippen molar-refractivity contribution >= 4 is 11.6 Å². The molecular weight excluding hydrogens is 305 g/mol. The van der Waals surface area contributed by atoms with Crippen LogP contribution in [0.2, 0.25) is 0 Å². The zero-order valence-corrected chi connectivity index (χ0v) is 14.9. The molecule has 0 radical (unpaired) electrons. The summed E-state index contributed by atoms with van der Waals surface area (Å²) in [6, 6.07) is 6.05. The van der Waals surface area contributed by atoms with Gasteiger partial charge in [-0.15, -0.1) is 0 Å². The largest absolute Gasteiger partial charge is 0.494 e. The van der Waals surface area contributed by atoms with Crippen LogP contribution < -0.4 is 4.90 Å². The molecule has 1 unspecified atom stereocenters. The molecule has 0 aliphatic carbocycles. The SMILES string of the molecule is C=C/C(C)=C\C(=C/C)OCC(C)CN(C(C)=O)c1cccc(F)c1. The number of carbonyl (C=O) groups is 1. The van der Waals surface area contributed by atoms with Crippen molar-refractivity contribution in [2.45, 2.75) is 27.7 Å². The Morgan fingerprint density at radius 3 is 2.67 bits per heavy atom. The van der Waals surface area contributed by atoms with E-state index in [-0.39, 0.29) is 17.6 Å². The van der Waals surface area contributed by atoms with Gasteiger partial charge in [-0.25, -0.2) is 4.39 Å². The molecule has 0 spiro atoms. The summed E-state index contributed by atoms with van der Waals surface area (Å²) in [5.41, 5.74) is 1.57. The molecule has 0 saturated heterocycles. The Hall–Kier alpha value is -2.36. The number of rotatable bonds is 8. The summed E-state index contributed by atoms with van der Waals surface area (Å²) in [5.74, 6) is 0.369. The monoisotopic (exact) mass is 331 g/mol. The number of benzene rings is 1. The van der Waals surface area contributed by atoms with E-state index in [9.17, 15) is 9.18 Å². The van der Waals surface area contributed by atoms with Crippen molar-refractivity contribution in [1.29, 1.82) is 0 Å². The first-order chi connectivity index (χ1) is 11.4. The molecule has 1 atom stereocenters. The minimum absolute atomic E-state index is 0.0876. The topological polar surface area (TPSA) is 29.5 Å². The van der Waals surface area contributed by atoms with Gasteiger partial charge < -0.3 is 9.64 Å². The number of allylic oxidation sites excluding steroid dienone is 4. The first-order valence-electron chi connectivity index (χ1n) is 8.00. The van der Waals surface area contributed by atoms with E-state index in [1.165, 1.54) is 19.1 Å². The molecule has 0 heterocycles. The standard InChI is InChI=1S/C20H26FNO2/c1-6-15(3)11-20(7-2)24-14-16(4)13-22(17(5)23)19-10-8-9-18(21)12-19/h6-12,16H,1,13-14H2,2-5H3/b15-11-,20-7+. The van der Waals surface area contributed by atoms with Crippen molar-refractivity contribution in [2.24, 2.45) is 5.92 Å². The van der Waals surface area contributed by atoms with Gasteiger partial charge in [-0.3, -0.25) is 4.79 Å². The van der Waals surface area contributed by atoms with Gasteiger partial charge in [0.1, 0.15) is 11.6 Å². The predicted octanol–water partition coefficient (Wildman–Crippen LogP) is 4.87. The minimum Gasteiger partial charge on any atom is -0.494 e. The van der Waals surface area contributed by atoms with Crippen LogP contribution in [0.15, 0.2) is 60.4 Å². The number of anilines is 1. The molecule has 130 valence electrons. The van der Waals surface area contributed by atoms with Crippen LogP contribution >= 0.6 is 0 Å². The van der Waals surface area contributed by atoms with Gasteiger partial charge in [0.15, 0.2) is 0 Å². The molecule has 0 aliphatic heterocycles. The third-order valence-electron chi connectivity index (χ3n) is 3.51. The maximum atomic E-state index is 13.4. The molecule has 1 aromatic rings. The Kier molecular flexibility index (Phi) is 7.96. The summed E-state index contributed by atoms with van der Waals surface area (Å²) in [4.78, 5) is 13.5. The summed E-state index contributed by atoms with van der Waals surface area (Å²) in [6.07, 6.45) is 5.56. The van der Waals surface area contributed by atoms with Gasteiger partial charge in [-0.2, -0.15) is 0 Å². The van der Waals surface area contributed by atoms with Crippen LogP contribution in [0.3, 0.4) is 0 Å². The lowest BCUT2D eigenvalue weighted by Crippen LogP contribution is -2.34. The highest BCUT2D eigenvalue weighted by molar-refractivity contribution is 5.91. The first-order valence-corrected chi connectivity index (χ1v) is 8.00. The molecule has 0 fully saturated rings. The second-order valence-electron chi connectivity index (χ2n) is 5.81. The van der Waals surface area contributed by atoms with Crippen LogP contribution in [0.1, 0.15) is 27.7 Å². The number of halogens is 1. The van der Waals surface area contributed by atoms with E-state index in [2.05, 4.69) is 6.58 Å². The average molecular weight is 331 g/mol. The molecule has 3 nitrogen and oxygen atoms in total. The number of carbonyl (C=O) groups excluding carboxylic acids is 1. The van der Waals surface area contributed by atoms with Gasteiger partial charge in [0.2, 0.25) is 5.91 Å². The molecule has 0 aromatic heterocycles. The molecule has 0 bridgehead atoms. The fraction of sp³-hybridized carbons (Fsp3) is 0.350. The Morgan fingerprint density at radius 2 is 2.12 bits per heavy atom. The first kappa shape index (κ1) is 19.7. The smallest absolute Gasteiger partial charge is 0.223 e. The number of hydrogen-bond acceptors (Lipinski definition) is 2. The number of amides is 1. The lowest BCUT2D eigenvalue weighted by atomic mass is 10.1. The zero-order valence-electron chi connectivity index (χ0n) is 14.9. The van der Waals surface area contributed by atoms with Crippen molar-refractivity contribution < 1.29 is 13.9 Å². The van der Waals surface area contributed by atoms with Gasteiger partial charge in [0, 0.05) is 25.1 Å². The van der Waals surface area contributed by atoms with E-state index in [4.69, 9.17) is 4.74 Å². The normalized spacial score (nSPS) is 13.4. The van der Waals surface area contributed by atoms with E-state index in [1.807, 2.05) is 32.9 Å². The van der Waals surface area contributed by atoms with E-state index in [0.29, 0.717) is 18.8 Å². The van der Waals surface area contributed by atoms with Crippen molar-refractivity contribution in [2.75, 3.05) is 18.1 Å². The number of nitrogens with zero attached hydrogens (tertiary/aromatic N) is 1. The van der Waals surface area contributed by atoms with Crippen LogP contribution in [0.5, 0.6) is 0 Å². The van der Waals surface area contributed by atoms with Crippen molar-refractivity contribution in [3.05, 3.63) is 66.2 Å². The Morgan fingerprint density at radius 1 is 1.42 bits per heavy atom. The van der Waals surface area contributed by atoms with Gasteiger partial charge in [0.25, 0.3) is 0 Å². The van der Waals surface area contributed by atoms with Crippen LogP contribution in [0.25, 0.3) is 0 Å². The van der Waals surface area contributed by atoms with Crippen LogP contribution in [-0.2, 0) is 9.53 Å². The van der Waals surface area contributed by atoms with Crippen molar-refractivity contribution in [3.8, 4) is 0 Å². The van der Waals surface area contributed by atoms with Crippen molar-refractivity contribution in [3.63, 3.8) is 0 Å². The third kappa shape index (κ3) is 6.41. The van der Waals surface area contributed by atoms with Crippen LogP contribution in [-0.4, -0.2) is 19.1 Å².